The van der Waals surface area contributed by atoms with Gasteiger partial charge in [-0.15, -0.1) is 10.2 Å². The van der Waals surface area contributed by atoms with Gasteiger partial charge in [0.2, 0.25) is 0 Å². The Morgan fingerprint density at radius 1 is 0.920 bits per heavy atom. The summed E-state index contributed by atoms with van der Waals surface area (Å²) in [6.45, 7) is 1.93. The van der Waals surface area contributed by atoms with Gasteiger partial charge in [0.15, 0.2) is 11.6 Å². The summed E-state index contributed by atoms with van der Waals surface area (Å²) in [6, 6.07) is 13.3. The summed E-state index contributed by atoms with van der Waals surface area (Å²) >= 11 is 0. The first-order valence-corrected chi connectivity index (χ1v) is 7.45. The van der Waals surface area contributed by atoms with E-state index in [1.54, 1.807) is 12.1 Å². The molecule has 0 spiro atoms. The molecule has 0 saturated heterocycles. The second kappa shape index (κ2) is 7.04. The molecule has 0 unspecified atom stereocenters. The quantitative estimate of drug-likeness (QED) is 0.752. The van der Waals surface area contributed by atoms with Gasteiger partial charge in [0.05, 0.1) is 5.69 Å². The average Bonchev–Trinajstić information content (AvgIpc) is 2.59. The number of carbonyl (C=O) groups is 1. The van der Waals surface area contributed by atoms with Crippen LogP contribution in [0.5, 0.6) is 0 Å². The molecule has 0 atom stereocenters. The minimum absolute atomic E-state index is 0.0761. The van der Waals surface area contributed by atoms with E-state index in [9.17, 15) is 13.6 Å². The first kappa shape index (κ1) is 16.5. The summed E-state index contributed by atoms with van der Waals surface area (Å²) in [5.74, 6) is -1.18. The van der Waals surface area contributed by atoms with Gasteiger partial charge in [0, 0.05) is 11.6 Å². The van der Waals surface area contributed by atoms with Crippen LogP contribution in [0.3, 0.4) is 0 Å². The van der Waals surface area contributed by atoms with Crippen molar-refractivity contribution < 1.29 is 13.6 Å². The van der Waals surface area contributed by atoms with Crippen molar-refractivity contribution in [2.75, 3.05) is 10.6 Å². The first-order chi connectivity index (χ1) is 12.0. The molecule has 5 nitrogen and oxygen atoms in total. The van der Waals surface area contributed by atoms with Crippen LogP contribution in [0.2, 0.25) is 0 Å². The second-order valence-corrected chi connectivity index (χ2v) is 5.37. The number of anilines is 3. The van der Waals surface area contributed by atoms with Gasteiger partial charge in [0.25, 0.3) is 5.91 Å². The third-order valence-corrected chi connectivity index (χ3v) is 3.41. The molecule has 3 rings (SSSR count). The van der Waals surface area contributed by atoms with Crippen molar-refractivity contribution >= 4 is 23.2 Å². The maximum Gasteiger partial charge on any atom is 0.256 e. The maximum atomic E-state index is 13.6. The predicted octanol–water partition coefficient (Wildman–Crippen LogP) is 4.06. The van der Waals surface area contributed by atoms with Crippen molar-refractivity contribution in [2.45, 2.75) is 6.92 Å². The van der Waals surface area contributed by atoms with Gasteiger partial charge >= 0.3 is 0 Å². The number of nitrogens with zero attached hydrogens (tertiary/aromatic N) is 2. The van der Waals surface area contributed by atoms with E-state index in [0.717, 1.165) is 17.7 Å². The molecule has 2 N–H and O–H groups in total. The third kappa shape index (κ3) is 4.14. The zero-order valence-electron chi connectivity index (χ0n) is 13.3. The van der Waals surface area contributed by atoms with Gasteiger partial charge in [-0.3, -0.25) is 4.79 Å². The lowest BCUT2D eigenvalue weighted by Crippen LogP contribution is -2.13. The largest absolute Gasteiger partial charge is 0.336 e. The standard InChI is InChI=1S/C18H14F2N4O/c1-11-2-4-12(5-3-11)18(25)22-17-9-8-16(23-24-17)21-15-7-6-13(19)10-14(15)20/h2-10H,1H3,(H,21,23)(H,22,24,25). The zero-order chi connectivity index (χ0) is 17.8. The van der Waals surface area contributed by atoms with E-state index < -0.39 is 11.6 Å². The fourth-order valence-corrected chi connectivity index (χ4v) is 2.09. The number of carbonyl (C=O) groups excluding carboxylic acids is 1. The molecule has 1 aromatic heterocycles. The first-order valence-electron chi connectivity index (χ1n) is 7.45. The minimum atomic E-state index is -0.737. The molecule has 1 amide bonds. The van der Waals surface area contributed by atoms with Crippen molar-refractivity contribution in [3.8, 4) is 0 Å². The Balaban J connectivity index is 1.67. The van der Waals surface area contributed by atoms with E-state index in [1.165, 1.54) is 18.2 Å². The Hall–Kier alpha value is -3.35. The van der Waals surface area contributed by atoms with Crippen LogP contribution in [-0.2, 0) is 0 Å². The van der Waals surface area contributed by atoms with Crippen molar-refractivity contribution in [1.29, 1.82) is 0 Å². The highest BCUT2D eigenvalue weighted by Crippen LogP contribution is 2.19. The molecule has 0 aliphatic carbocycles. The maximum absolute atomic E-state index is 13.6. The molecule has 3 aromatic rings. The fraction of sp³-hybridized carbons (Fsp3) is 0.0556. The summed E-state index contributed by atoms with van der Waals surface area (Å²) in [5.41, 5.74) is 1.63. The zero-order valence-corrected chi connectivity index (χ0v) is 13.3. The van der Waals surface area contributed by atoms with Gasteiger partial charge < -0.3 is 10.6 Å². The number of hydrogen-bond donors (Lipinski definition) is 2. The van der Waals surface area contributed by atoms with Crippen molar-refractivity contribution in [3.63, 3.8) is 0 Å². The Kier molecular flexibility index (Phi) is 4.65. The lowest BCUT2D eigenvalue weighted by atomic mass is 10.1. The van der Waals surface area contributed by atoms with E-state index in [4.69, 9.17) is 0 Å². The Morgan fingerprint density at radius 3 is 2.24 bits per heavy atom. The Morgan fingerprint density at radius 2 is 1.60 bits per heavy atom. The number of benzene rings is 2. The number of nitrogens with one attached hydrogen (secondary N) is 2. The van der Waals surface area contributed by atoms with E-state index >= 15 is 0 Å². The molecule has 0 aliphatic heterocycles. The molecule has 1 heterocycles. The van der Waals surface area contributed by atoms with Gasteiger partial charge in [-0.25, -0.2) is 8.78 Å². The van der Waals surface area contributed by atoms with E-state index in [2.05, 4.69) is 20.8 Å². The SMILES string of the molecule is Cc1ccc(C(=O)Nc2ccc(Nc3ccc(F)cc3F)nn2)cc1. The smallest absolute Gasteiger partial charge is 0.256 e. The second-order valence-electron chi connectivity index (χ2n) is 5.37. The van der Waals surface area contributed by atoms with Crippen LogP contribution in [-0.4, -0.2) is 16.1 Å². The number of hydrogen-bond acceptors (Lipinski definition) is 4. The molecular weight excluding hydrogens is 326 g/mol. The number of aryl methyl sites for hydroxylation is 1. The molecule has 7 heteroatoms. The van der Waals surface area contributed by atoms with Crippen molar-refractivity contribution in [3.05, 3.63) is 77.4 Å². The summed E-state index contributed by atoms with van der Waals surface area (Å²) < 4.78 is 26.5. The van der Waals surface area contributed by atoms with Crippen LogP contribution >= 0.6 is 0 Å². The molecule has 0 saturated carbocycles. The number of amides is 1. The molecule has 0 bridgehead atoms. The highest BCUT2D eigenvalue weighted by molar-refractivity contribution is 6.03. The third-order valence-electron chi connectivity index (χ3n) is 3.41. The van der Waals surface area contributed by atoms with E-state index in [1.807, 2.05) is 19.1 Å². The molecule has 126 valence electrons. The van der Waals surface area contributed by atoms with Crippen LogP contribution < -0.4 is 10.6 Å². The van der Waals surface area contributed by atoms with Gasteiger partial charge in [-0.1, -0.05) is 17.7 Å². The predicted molar refractivity (Wildman–Crippen MR) is 90.8 cm³/mol. The molecule has 25 heavy (non-hydrogen) atoms. The number of halogens is 2. The molecular formula is C18H14F2N4O. The number of aromatic nitrogens is 2. The minimum Gasteiger partial charge on any atom is -0.336 e. The summed E-state index contributed by atoms with van der Waals surface area (Å²) in [5, 5.41) is 13.0. The van der Waals surface area contributed by atoms with Gasteiger partial charge in [-0.05, 0) is 43.3 Å². The summed E-state index contributed by atoms with van der Waals surface area (Å²) in [6.07, 6.45) is 0. The Bertz CT molecular complexity index is 896. The molecule has 2 aromatic carbocycles. The average molecular weight is 340 g/mol. The van der Waals surface area contributed by atoms with Crippen LogP contribution in [0.25, 0.3) is 0 Å². The van der Waals surface area contributed by atoms with Crippen LogP contribution in [0.15, 0.2) is 54.6 Å². The highest BCUT2D eigenvalue weighted by Gasteiger charge is 2.08. The fourth-order valence-electron chi connectivity index (χ4n) is 2.09. The van der Waals surface area contributed by atoms with E-state index in [0.29, 0.717) is 5.56 Å². The van der Waals surface area contributed by atoms with E-state index in [-0.39, 0.29) is 23.2 Å². The molecule has 0 aliphatic rings. The Labute approximate surface area is 142 Å². The molecule has 0 fully saturated rings. The van der Waals surface area contributed by atoms with Crippen LogP contribution in [0.1, 0.15) is 15.9 Å². The van der Waals surface area contributed by atoms with Crippen LogP contribution in [0, 0.1) is 18.6 Å². The van der Waals surface area contributed by atoms with Gasteiger partial charge in [0.1, 0.15) is 11.6 Å². The van der Waals surface area contributed by atoms with Crippen molar-refractivity contribution in [1.82, 2.24) is 10.2 Å². The lowest BCUT2D eigenvalue weighted by Gasteiger charge is -2.08. The molecule has 0 radical (unpaired) electrons. The van der Waals surface area contributed by atoms with Gasteiger partial charge in [-0.2, -0.15) is 0 Å². The van der Waals surface area contributed by atoms with Crippen molar-refractivity contribution in [2.24, 2.45) is 0 Å². The topological polar surface area (TPSA) is 66.9 Å². The highest BCUT2D eigenvalue weighted by atomic mass is 19.1. The summed E-state index contributed by atoms with van der Waals surface area (Å²) in [4.78, 5) is 12.1. The monoisotopic (exact) mass is 340 g/mol. The lowest BCUT2D eigenvalue weighted by molar-refractivity contribution is 0.102. The number of rotatable bonds is 4. The van der Waals surface area contributed by atoms with Crippen LogP contribution in [0.4, 0.5) is 26.1 Å². The normalized spacial score (nSPS) is 10.4. The summed E-state index contributed by atoms with van der Waals surface area (Å²) in [7, 11) is 0.